The van der Waals surface area contributed by atoms with Gasteiger partial charge in [-0.2, -0.15) is 0 Å². The van der Waals surface area contributed by atoms with Gasteiger partial charge in [-0.3, -0.25) is 0 Å². The van der Waals surface area contributed by atoms with E-state index in [1.165, 1.54) is 35.7 Å². The standard InChI is InChI=1S/C17H24S2.C13H22S.2CH4/c1-16(2,3)14-9-7-12(18-14)11-13-8-10-15(19-13)17(4,5)6;1-12(2,3)9-10-7-8-11(14-10)13(4,5)6;;/h7-10H,11H2,1-6H3;7-8H,9H2,1-6H3;2*1H4. The Balaban J connectivity index is 0.000000652. The van der Waals surface area contributed by atoms with E-state index in [0.29, 0.717) is 10.8 Å². The molecule has 0 amide bonds. The van der Waals surface area contributed by atoms with Crippen LogP contribution in [0.15, 0.2) is 36.4 Å². The minimum absolute atomic E-state index is 0. The molecule has 0 aliphatic rings. The average molecular weight is 535 g/mol. The highest BCUT2D eigenvalue weighted by Gasteiger charge is 2.19. The summed E-state index contributed by atoms with van der Waals surface area (Å²) in [6.45, 7) is 27.4. The van der Waals surface area contributed by atoms with Gasteiger partial charge in [0, 0.05) is 35.7 Å². The highest BCUT2D eigenvalue weighted by Crippen LogP contribution is 2.34. The quantitative estimate of drug-likeness (QED) is 0.313. The van der Waals surface area contributed by atoms with E-state index < -0.39 is 0 Å². The van der Waals surface area contributed by atoms with Gasteiger partial charge in [0.25, 0.3) is 0 Å². The molecule has 3 heteroatoms. The maximum absolute atomic E-state index is 2.30. The van der Waals surface area contributed by atoms with E-state index >= 15 is 0 Å². The summed E-state index contributed by atoms with van der Waals surface area (Å²) in [7, 11) is 0. The summed E-state index contributed by atoms with van der Waals surface area (Å²) in [6.07, 6.45) is 2.27. The first-order valence-electron chi connectivity index (χ1n) is 12.1. The molecule has 0 saturated heterocycles. The Hall–Kier alpha value is -0.900. The van der Waals surface area contributed by atoms with Crippen molar-refractivity contribution in [2.45, 2.75) is 127 Å². The lowest BCUT2D eigenvalue weighted by atomic mass is 9.91. The molecule has 0 fully saturated rings. The second-order valence-electron chi connectivity index (χ2n) is 13.5. The van der Waals surface area contributed by atoms with Crippen LogP contribution in [0.1, 0.15) is 127 Å². The van der Waals surface area contributed by atoms with Gasteiger partial charge in [0.15, 0.2) is 0 Å². The lowest BCUT2D eigenvalue weighted by molar-refractivity contribution is 0.414. The minimum Gasteiger partial charge on any atom is -0.145 e. The summed E-state index contributed by atoms with van der Waals surface area (Å²) >= 11 is 5.88. The molecule has 0 atom stereocenters. The van der Waals surface area contributed by atoms with Crippen molar-refractivity contribution in [3.8, 4) is 0 Å². The van der Waals surface area contributed by atoms with E-state index in [9.17, 15) is 0 Å². The number of thiophene rings is 3. The molecular formula is C32H54S3. The molecule has 200 valence electrons. The Labute approximate surface area is 231 Å². The predicted octanol–water partition coefficient (Wildman–Crippen LogP) is 11.9. The van der Waals surface area contributed by atoms with Gasteiger partial charge >= 0.3 is 0 Å². The largest absolute Gasteiger partial charge is 0.145 e. The maximum atomic E-state index is 2.30. The molecule has 0 bridgehead atoms. The van der Waals surface area contributed by atoms with E-state index in [1.54, 1.807) is 0 Å². The molecule has 35 heavy (non-hydrogen) atoms. The molecule has 0 aromatic carbocycles. The normalized spacial score (nSPS) is 12.3. The second kappa shape index (κ2) is 12.6. The summed E-state index contributed by atoms with van der Waals surface area (Å²) in [6, 6.07) is 13.7. The third kappa shape index (κ3) is 11.4. The fraction of sp³-hybridized carbons (Fsp3) is 0.625. The van der Waals surface area contributed by atoms with Crippen molar-refractivity contribution in [2.75, 3.05) is 0 Å². The number of rotatable bonds is 3. The molecule has 0 aliphatic carbocycles. The third-order valence-electron chi connectivity index (χ3n) is 5.26. The molecule has 0 aliphatic heterocycles. The molecule has 3 aromatic rings. The van der Waals surface area contributed by atoms with E-state index in [4.69, 9.17) is 0 Å². The van der Waals surface area contributed by atoms with E-state index in [0.717, 1.165) is 6.42 Å². The topological polar surface area (TPSA) is 0 Å². The zero-order chi connectivity index (χ0) is 25.2. The first kappa shape index (κ1) is 34.1. The Morgan fingerprint density at radius 3 is 1.00 bits per heavy atom. The highest BCUT2D eigenvalue weighted by atomic mass is 32.1. The Morgan fingerprint density at radius 2 is 0.743 bits per heavy atom. The van der Waals surface area contributed by atoms with Crippen LogP contribution >= 0.6 is 34.0 Å². The average Bonchev–Trinajstić information content (AvgIpc) is 3.32. The fourth-order valence-corrected chi connectivity index (χ4v) is 6.96. The Bertz CT molecular complexity index is 949. The third-order valence-corrected chi connectivity index (χ3v) is 9.79. The van der Waals surface area contributed by atoms with Gasteiger partial charge in [-0.05, 0) is 64.5 Å². The summed E-state index contributed by atoms with van der Waals surface area (Å²) in [5, 5.41) is 0. The maximum Gasteiger partial charge on any atom is 0.0163 e. The van der Waals surface area contributed by atoms with Crippen molar-refractivity contribution in [2.24, 2.45) is 5.41 Å². The molecular weight excluding hydrogens is 481 g/mol. The molecule has 3 aromatic heterocycles. The van der Waals surface area contributed by atoms with Crippen LogP contribution in [0.3, 0.4) is 0 Å². The van der Waals surface area contributed by atoms with Crippen molar-refractivity contribution in [1.29, 1.82) is 0 Å². The van der Waals surface area contributed by atoms with Gasteiger partial charge in [0.2, 0.25) is 0 Å². The summed E-state index contributed by atoms with van der Waals surface area (Å²) in [4.78, 5) is 8.93. The van der Waals surface area contributed by atoms with Gasteiger partial charge in [0.1, 0.15) is 0 Å². The lowest BCUT2D eigenvalue weighted by Gasteiger charge is -2.17. The van der Waals surface area contributed by atoms with Crippen molar-refractivity contribution >= 4 is 34.0 Å². The number of hydrogen-bond acceptors (Lipinski definition) is 3. The van der Waals surface area contributed by atoms with E-state index in [-0.39, 0.29) is 25.7 Å². The molecule has 0 saturated carbocycles. The van der Waals surface area contributed by atoms with Crippen molar-refractivity contribution in [3.63, 3.8) is 0 Å². The summed E-state index contributed by atoms with van der Waals surface area (Å²) in [5.41, 5.74) is 1.25. The van der Waals surface area contributed by atoms with E-state index in [1.807, 2.05) is 34.0 Å². The SMILES string of the molecule is C.C.CC(C)(C)Cc1ccc(C(C)(C)C)s1.CC(C)(C)c1ccc(Cc2ccc(C(C)(C)C)s2)s1. The van der Waals surface area contributed by atoms with Gasteiger partial charge < -0.3 is 0 Å². The van der Waals surface area contributed by atoms with Gasteiger partial charge in [-0.1, -0.05) is 97.9 Å². The van der Waals surface area contributed by atoms with E-state index in [2.05, 4.69) is 119 Å². The molecule has 0 N–H and O–H groups in total. The lowest BCUT2D eigenvalue weighted by Crippen LogP contribution is -2.09. The first-order chi connectivity index (χ1) is 14.8. The molecule has 0 radical (unpaired) electrons. The van der Waals surface area contributed by atoms with Crippen LogP contribution in [0.25, 0.3) is 0 Å². The summed E-state index contributed by atoms with van der Waals surface area (Å²) in [5.74, 6) is 0. The number of hydrogen-bond donors (Lipinski definition) is 0. The molecule has 0 unspecified atom stereocenters. The predicted molar refractivity (Wildman–Crippen MR) is 168 cm³/mol. The first-order valence-corrected chi connectivity index (χ1v) is 14.6. The van der Waals surface area contributed by atoms with Crippen LogP contribution in [0, 0.1) is 5.41 Å². The highest BCUT2D eigenvalue weighted by molar-refractivity contribution is 7.13. The van der Waals surface area contributed by atoms with Gasteiger partial charge in [0.05, 0.1) is 0 Å². The van der Waals surface area contributed by atoms with Crippen molar-refractivity contribution in [3.05, 3.63) is 65.7 Å². The smallest absolute Gasteiger partial charge is 0.0163 e. The molecule has 0 nitrogen and oxygen atoms in total. The van der Waals surface area contributed by atoms with Crippen LogP contribution < -0.4 is 0 Å². The van der Waals surface area contributed by atoms with Crippen LogP contribution in [0.5, 0.6) is 0 Å². The Kier molecular flexibility index (Phi) is 12.2. The zero-order valence-electron chi connectivity index (χ0n) is 23.1. The van der Waals surface area contributed by atoms with Crippen LogP contribution in [0.4, 0.5) is 0 Å². The zero-order valence-corrected chi connectivity index (χ0v) is 25.6. The summed E-state index contributed by atoms with van der Waals surface area (Å²) < 4.78 is 0. The van der Waals surface area contributed by atoms with Gasteiger partial charge in [-0.25, -0.2) is 0 Å². The molecule has 3 rings (SSSR count). The Morgan fingerprint density at radius 1 is 0.457 bits per heavy atom. The monoisotopic (exact) mass is 534 g/mol. The van der Waals surface area contributed by atoms with Gasteiger partial charge in [-0.15, -0.1) is 34.0 Å². The molecule has 0 spiro atoms. The minimum atomic E-state index is 0. The van der Waals surface area contributed by atoms with Crippen LogP contribution in [-0.2, 0) is 29.1 Å². The van der Waals surface area contributed by atoms with Crippen molar-refractivity contribution < 1.29 is 0 Å². The van der Waals surface area contributed by atoms with Crippen LogP contribution in [-0.4, -0.2) is 0 Å². The second-order valence-corrected chi connectivity index (χ2v) is 17.0. The molecule has 3 heterocycles. The fourth-order valence-electron chi connectivity index (χ4n) is 3.32. The van der Waals surface area contributed by atoms with Crippen molar-refractivity contribution in [1.82, 2.24) is 0 Å². The van der Waals surface area contributed by atoms with Crippen LogP contribution in [0.2, 0.25) is 0 Å².